The number of nitrogens with zero attached hydrogens (tertiary/aromatic N) is 4. The average molecular weight is 253 g/mol. The first-order chi connectivity index (χ1) is 8.13. The third-order valence-electron chi connectivity index (χ3n) is 2.28. The summed E-state index contributed by atoms with van der Waals surface area (Å²) in [6.07, 6.45) is 0.651. The Balaban J connectivity index is 2.54. The minimum absolute atomic E-state index is 0.0294. The van der Waals surface area contributed by atoms with Crippen molar-refractivity contribution in [2.45, 2.75) is 13.3 Å². The summed E-state index contributed by atoms with van der Waals surface area (Å²) in [5, 5.41) is 20.3. The van der Waals surface area contributed by atoms with Gasteiger partial charge in [-0.05, 0) is 28.6 Å². The number of aromatic carboxylic acids is 1. The summed E-state index contributed by atoms with van der Waals surface area (Å²) in [6.45, 7) is 1.91. The lowest BCUT2D eigenvalue weighted by Crippen LogP contribution is -2.05. The number of aryl methyl sites for hydroxylation is 1. The Morgan fingerprint density at radius 3 is 2.94 bits per heavy atom. The van der Waals surface area contributed by atoms with E-state index in [1.165, 1.54) is 16.8 Å². The number of aromatic nitrogens is 4. The van der Waals surface area contributed by atoms with Crippen LogP contribution in [0.1, 0.15) is 23.1 Å². The normalized spacial score (nSPS) is 10.5. The fourth-order valence-electron chi connectivity index (χ4n) is 1.44. The molecule has 0 radical (unpaired) electrons. The summed E-state index contributed by atoms with van der Waals surface area (Å²) in [6, 6.07) is 4.63. The minimum atomic E-state index is -1.08. The van der Waals surface area contributed by atoms with Crippen molar-refractivity contribution in [3.63, 3.8) is 0 Å². The summed E-state index contributed by atoms with van der Waals surface area (Å²) in [7, 11) is 0. The van der Waals surface area contributed by atoms with Gasteiger partial charge in [0.2, 0.25) is 0 Å². The lowest BCUT2D eigenvalue weighted by Gasteiger charge is -2.05. The van der Waals surface area contributed by atoms with Crippen molar-refractivity contribution in [2.24, 2.45) is 0 Å². The minimum Gasteiger partial charge on any atom is -0.478 e. The lowest BCUT2D eigenvalue weighted by atomic mass is 10.2. The maximum atomic E-state index is 11.0. The predicted octanol–water partition coefficient (Wildman–Crippen LogP) is 1.58. The van der Waals surface area contributed by atoms with E-state index in [9.17, 15) is 4.79 Å². The van der Waals surface area contributed by atoms with Crippen molar-refractivity contribution in [3.05, 3.63) is 34.6 Å². The van der Waals surface area contributed by atoms with Gasteiger partial charge < -0.3 is 5.11 Å². The van der Waals surface area contributed by atoms with Gasteiger partial charge >= 0.3 is 5.97 Å². The number of carboxylic acid groups (broad SMARTS) is 1. The molecular formula is C10H9ClN4O2. The van der Waals surface area contributed by atoms with Crippen LogP contribution in [0, 0.1) is 0 Å². The van der Waals surface area contributed by atoms with Crippen LogP contribution in [0.15, 0.2) is 18.2 Å². The molecule has 88 valence electrons. The summed E-state index contributed by atoms with van der Waals surface area (Å²) >= 11 is 5.78. The second-order valence-corrected chi connectivity index (χ2v) is 3.74. The molecule has 0 aliphatic carbocycles. The van der Waals surface area contributed by atoms with E-state index in [0.717, 1.165) is 0 Å². The number of tetrazole rings is 1. The second kappa shape index (κ2) is 4.50. The van der Waals surface area contributed by atoms with Gasteiger partial charge in [-0.25, -0.2) is 4.79 Å². The van der Waals surface area contributed by atoms with E-state index in [-0.39, 0.29) is 10.6 Å². The molecule has 0 aliphatic heterocycles. The van der Waals surface area contributed by atoms with Crippen molar-refractivity contribution in [3.8, 4) is 5.69 Å². The maximum absolute atomic E-state index is 11.0. The zero-order valence-corrected chi connectivity index (χ0v) is 9.72. The number of hydrogen-bond donors (Lipinski definition) is 1. The highest BCUT2D eigenvalue weighted by Gasteiger charge is 2.12. The standard InChI is InChI=1S/C10H9ClN4O2/c1-2-9-12-13-14-15(9)6-3-4-8(11)7(5-6)10(16)17/h3-5H,2H2,1H3,(H,16,17). The van der Waals surface area contributed by atoms with Gasteiger partial charge in [-0.1, -0.05) is 18.5 Å². The lowest BCUT2D eigenvalue weighted by molar-refractivity contribution is 0.0697. The van der Waals surface area contributed by atoms with Crippen LogP contribution in [-0.2, 0) is 6.42 Å². The number of carbonyl (C=O) groups is 1. The van der Waals surface area contributed by atoms with Crippen LogP contribution in [0.5, 0.6) is 0 Å². The Kier molecular flexibility index (Phi) is 3.06. The van der Waals surface area contributed by atoms with E-state index in [1.807, 2.05) is 6.92 Å². The average Bonchev–Trinajstić information content (AvgIpc) is 2.77. The fraction of sp³-hybridized carbons (Fsp3) is 0.200. The molecular weight excluding hydrogens is 244 g/mol. The van der Waals surface area contributed by atoms with E-state index in [0.29, 0.717) is 17.9 Å². The Hall–Kier alpha value is -1.95. The van der Waals surface area contributed by atoms with Gasteiger partial charge in [0.05, 0.1) is 16.3 Å². The van der Waals surface area contributed by atoms with Gasteiger partial charge in [-0.15, -0.1) is 5.10 Å². The highest BCUT2D eigenvalue weighted by atomic mass is 35.5. The Labute approximate surface area is 102 Å². The molecule has 0 fully saturated rings. The van der Waals surface area contributed by atoms with E-state index in [2.05, 4.69) is 15.5 Å². The molecule has 0 saturated carbocycles. The quantitative estimate of drug-likeness (QED) is 0.897. The van der Waals surface area contributed by atoms with Gasteiger partial charge in [0, 0.05) is 6.42 Å². The summed E-state index contributed by atoms with van der Waals surface area (Å²) in [4.78, 5) is 11.0. The fourth-order valence-corrected chi connectivity index (χ4v) is 1.63. The van der Waals surface area contributed by atoms with Gasteiger partial charge in [-0.2, -0.15) is 4.68 Å². The molecule has 6 nitrogen and oxygen atoms in total. The van der Waals surface area contributed by atoms with E-state index in [1.54, 1.807) is 6.07 Å². The number of carboxylic acids is 1. The number of benzene rings is 1. The zero-order valence-electron chi connectivity index (χ0n) is 8.96. The highest BCUT2D eigenvalue weighted by Crippen LogP contribution is 2.20. The van der Waals surface area contributed by atoms with Gasteiger partial charge in [0.25, 0.3) is 0 Å². The molecule has 0 saturated heterocycles. The number of halogens is 1. The Morgan fingerprint density at radius 2 is 2.29 bits per heavy atom. The SMILES string of the molecule is CCc1nnnn1-c1ccc(Cl)c(C(=O)O)c1. The summed E-state index contributed by atoms with van der Waals surface area (Å²) < 4.78 is 1.49. The molecule has 0 unspecified atom stereocenters. The van der Waals surface area contributed by atoms with E-state index < -0.39 is 5.97 Å². The van der Waals surface area contributed by atoms with Crippen LogP contribution < -0.4 is 0 Å². The first-order valence-electron chi connectivity index (χ1n) is 4.94. The van der Waals surface area contributed by atoms with Crippen LogP contribution in [0.3, 0.4) is 0 Å². The van der Waals surface area contributed by atoms with Gasteiger partial charge in [0.15, 0.2) is 5.82 Å². The second-order valence-electron chi connectivity index (χ2n) is 3.33. The van der Waals surface area contributed by atoms with Crippen molar-refractivity contribution in [2.75, 3.05) is 0 Å². The first kappa shape index (κ1) is 11.5. The Bertz CT molecular complexity index is 567. The smallest absolute Gasteiger partial charge is 0.337 e. The third-order valence-corrected chi connectivity index (χ3v) is 2.60. The van der Waals surface area contributed by atoms with E-state index in [4.69, 9.17) is 16.7 Å². The summed E-state index contributed by atoms with van der Waals surface area (Å²) in [5.74, 6) is -0.424. The maximum Gasteiger partial charge on any atom is 0.337 e. The van der Waals surface area contributed by atoms with Crippen LogP contribution >= 0.6 is 11.6 Å². The van der Waals surface area contributed by atoms with Crippen LogP contribution in [0.2, 0.25) is 5.02 Å². The van der Waals surface area contributed by atoms with Crippen molar-refractivity contribution in [1.29, 1.82) is 0 Å². The molecule has 0 aliphatic rings. The largest absolute Gasteiger partial charge is 0.478 e. The number of hydrogen-bond acceptors (Lipinski definition) is 4. The summed E-state index contributed by atoms with van der Waals surface area (Å²) in [5.41, 5.74) is 0.607. The monoisotopic (exact) mass is 252 g/mol. The number of rotatable bonds is 3. The molecule has 2 aromatic rings. The van der Waals surface area contributed by atoms with E-state index >= 15 is 0 Å². The molecule has 0 bridgehead atoms. The van der Waals surface area contributed by atoms with Crippen molar-refractivity contribution < 1.29 is 9.90 Å². The van der Waals surface area contributed by atoms with Crippen LogP contribution in [0.25, 0.3) is 5.69 Å². The molecule has 7 heteroatoms. The molecule has 17 heavy (non-hydrogen) atoms. The molecule has 0 atom stereocenters. The predicted molar refractivity (Wildman–Crippen MR) is 60.5 cm³/mol. The van der Waals surface area contributed by atoms with Gasteiger partial charge in [0.1, 0.15) is 0 Å². The Morgan fingerprint density at radius 1 is 1.53 bits per heavy atom. The molecule has 1 aromatic carbocycles. The molecule has 0 amide bonds. The molecule has 1 heterocycles. The van der Waals surface area contributed by atoms with Crippen molar-refractivity contribution >= 4 is 17.6 Å². The molecule has 1 N–H and O–H groups in total. The molecule has 1 aromatic heterocycles. The third kappa shape index (κ3) is 2.12. The van der Waals surface area contributed by atoms with Crippen LogP contribution in [-0.4, -0.2) is 31.3 Å². The van der Waals surface area contributed by atoms with Crippen LogP contribution in [0.4, 0.5) is 0 Å². The highest BCUT2D eigenvalue weighted by molar-refractivity contribution is 6.33. The molecule has 2 rings (SSSR count). The first-order valence-corrected chi connectivity index (χ1v) is 5.31. The topological polar surface area (TPSA) is 80.9 Å². The molecule has 0 spiro atoms. The van der Waals surface area contributed by atoms with Gasteiger partial charge in [-0.3, -0.25) is 0 Å². The van der Waals surface area contributed by atoms with Crippen molar-refractivity contribution in [1.82, 2.24) is 20.2 Å². The zero-order chi connectivity index (χ0) is 12.4.